The molecule has 0 heterocycles. The van der Waals surface area contributed by atoms with Gasteiger partial charge < -0.3 is 10.6 Å². The summed E-state index contributed by atoms with van der Waals surface area (Å²) < 4.78 is 0. The number of ketones is 1. The molecule has 0 atom stereocenters. The number of amides is 2. The zero-order chi connectivity index (χ0) is 18.5. The van der Waals surface area contributed by atoms with Crippen LogP contribution in [0.3, 0.4) is 0 Å². The summed E-state index contributed by atoms with van der Waals surface area (Å²) in [6, 6.07) is 19.7. The Balaban J connectivity index is 1.79. The van der Waals surface area contributed by atoms with Crippen molar-refractivity contribution in [3.63, 3.8) is 0 Å². The number of nitrogens with one attached hydrogen (secondary N) is 2. The van der Waals surface area contributed by atoms with Crippen molar-refractivity contribution in [2.45, 2.75) is 0 Å². The number of urea groups is 1. The van der Waals surface area contributed by atoms with Gasteiger partial charge in [0, 0.05) is 26.9 Å². The fraction of sp³-hybridized carbons (Fsp3) is 0. The molecule has 0 bridgehead atoms. The first kappa shape index (κ1) is 18.0. The zero-order valence-electron chi connectivity index (χ0n) is 13.5. The van der Waals surface area contributed by atoms with Crippen LogP contribution >= 0.6 is 23.2 Å². The van der Waals surface area contributed by atoms with Crippen LogP contribution in [-0.4, -0.2) is 11.8 Å². The van der Waals surface area contributed by atoms with E-state index in [0.29, 0.717) is 32.5 Å². The van der Waals surface area contributed by atoms with Crippen molar-refractivity contribution >= 4 is 46.4 Å². The van der Waals surface area contributed by atoms with Gasteiger partial charge in [0.15, 0.2) is 5.78 Å². The number of para-hydroxylation sites is 1. The zero-order valence-corrected chi connectivity index (χ0v) is 15.0. The maximum absolute atomic E-state index is 12.8. The molecule has 2 amide bonds. The lowest BCUT2D eigenvalue weighted by Gasteiger charge is -2.12. The van der Waals surface area contributed by atoms with Crippen LogP contribution in [0.4, 0.5) is 16.2 Å². The SMILES string of the molecule is O=C(Nc1ccc(Cl)cc1)Nc1ccccc1C(=O)c1cccc(Cl)c1. The maximum atomic E-state index is 12.8. The van der Waals surface area contributed by atoms with Gasteiger partial charge in [0.2, 0.25) is 0 Å². The van der Waals surface area contributed by atoms with E-state index in [1.807, 2.05) is 0 Å². The smallest absolute Gasteiger partial charge is 0.308 e. The van der Waals surface area contributed by atoms with E-state index in [-0.39, 0.29) is 5.78 Å². The molecule has 130 valence electrons. The van der Waals surface area contributed by atoms with Gasteiger partial charge >= 0.3 is 6.03 Å². The molecule has 0 fully saturated rings. The third kappa shape index (κ3) is 4.42. The second-order valence-electron chi connectivity index (χ2n) is 5.47. The van der Waals surface area contributed by atoms with E-state index in [1.54, 1.807) is 72.8 Å². The number of halogens is 2. The topological polar surface area (TPSA) is 58.2 Å². The molecule has 0 saturated carbocycles. The van der Waals surface area contributed by atoms with Crippen LogP contribution in [0.25, 0.3) is 0 Å². The molecular formula is C20H14Cl2N2O2. The molecule has 0 aromatic heterocycles. The fourth-order valence-electron chi connectivity index (χ4n) is 2.39. The number of hydrogen-bond acceptors (Lipinski definition) is 2. The van der Waals surface area contributed by atoms with Gasteiger partial charge in [-0.2, -0.15) is 0 Å². The summed E-state index contributed by atoms with van der Waals surface area (Å²) in [6.45, 7) is 0. The molecule has 3 aromatic carbocycles. The Morgan fingerprint density at radius 1 is 0.731 bits per heavy atom. The average molecular weight is 385 g/mol. The van der Waals surface area contributed by atoms with Gasteiger partial charge in [0.05, 0.1) is 5.69 Å². The van der Waals surface area contributed by atoms with Gasteiger partial charge in [-0.15, -0.1) is 0 Å². The van der Waals surface area contributed by atoms with Crippen molar-refractivity contribution in [2.75, 3.05) is 10.6 Å². The molecule has 26 heavy (non-hydrogen) atoms. The highest BCUT2D eigenvalue weighted by Crippen LogP contribution is 2.21. The standard InChI is InChI=1S/C20H14Cl2N2O2/c21-14-8-10-16(11-9-14)23-20(26)24-18-7-2-1-6-17(18)19(25)13-4-3-5-15(22)12-13/h1-12H,(H2,23,24,26). The first-order valence-corrected chi connectivity index (χ1v) is 8.51. The van der Waals surface area contributed by atoms with Crippen LogP contribution in [-0.2, 0) is 0 Å². The largest absolute Gasteiger partial charge is 0.323 e. The van der Waals surface area contributed by atoms with E-state index in [1.165, 1.54) is 0 Å². The van der Waals surface area contributed by atoms with Gasteiger partial charge in [-0.05, 0) is 48.5 Å². The van der Waals surface area contributed by atoms with Gasteiger partial charge in [0.25, 0.3) is 0 Å². The van der Waals surface area contributed by atoms with Crippen molar-refractivity contribution in [1.82, 2.24) is 0 Å². The number of carbonyl (C=O) groups is 2. The minimum absolute atomic E-state index is 0.227. The molecule has 0 aliphatic rings. The van der Waals surface area contributed by atoms with Crippen LogP contribution in [0.15, 0.2) is 72.8 Å². The summed E-state index contributed by atoms with van der Waals surface area (Å²) in [5, 5.41) is 6.44. The molecular weight excluding hydrogens is 371 g/mol. The predicted molar refractivity (Wildman–Crippen MR) is 105 cm³/mol. The second kappa shape index (κ2) is 8.04. The summed E-state index contributed by atoms with van der Waals surface area (Å²) in [4.78, 5) is 25.0. The number of carbonyl (C=O) groups excluding carboxylic acids is 2. The number of benzene rings is 3. The van der Waals surface area contributed by atoms with E-state index in [0.717, 1.165) is 0 Å². The Morgan fingerprint density at radius 3 is 2.19 bits per heavy atom. The monoisotopic (exact) mass is 384 g/mol. The number of rotatable bonds is 4. The van der Waals surface area contributed by atoms with Gasteiger partial charge in [0.1, 0.15) is 0 Å². The Bertz CT molecular complexity index is 956. The third-order valence-electron chi connectivity index (χ3n) is 3.61. The summed E-state index contributed by atoms with van der Waals surface area (Å²) in [7, 11) is 0. The molecule has 0 aliphatic heterocycles. The summed E-state index contributed by atoms with van der Waals surface area (Å²) in [6.07, 6.45) is 0. The predicted octanol–water partition coefficient (Wildman–Crippen LogP) is 5.87. The fourth-order valence-corrected chi connectivity index (χ4v) is 2.71. The molecule has 6 heteroatoms. The third-order valence-corrected chi connectivity index (χ3v) is 4.10. The molecule has 4 nitrogen and oxygen atoms in total. The Kier molecular flexibility index (Phi) is 5.56. The lowest BCUT2D eigenvalue weighted by Crippen LogP contribution is -2.21. The van der Waals surface area contributed by atoms with Crippen LogP contribution < -0.4 is 10.6 Å². The highest BCUT2D eigenvalue weighted by atomic mass is 35.5. The molecule has 3 aromatic rings. The molecule has 2 N–H and O–H groups in total. The molecule has 3 rings (SSSR count). The van der Waals surface area contributed by atoms with Gasteiger partial charge in [-0.1, -0.05) is 47.5 Å². The minimum Gasteiger partial charge on any atom is -0.308 e. The van der Waals surface area contributed by atoms with E-state index in [2.05, 4.69) is 10.6 Å². The van der Waals surface area contributed by atoms with Crippen molar-refractivity contribution < 1.29 is 9.59 Å². The number of anilines is 2. The Morgan fingerprint density at radius 2 is 1.46 bits per heavy atom. The average Bonchev–Trinajstić information content (AvgIpc) is 2.63. The second-order valence-corrected chi connectivity index (χ2v) is 6.34. The quantitative estimate of drug-likeness (QED) is 0.552. The Labute approximate surface area is 160 Å². The van der Waals surface area contributed by atoms with E-state index in [9.17, 15) is 9.59 Å². The van der Waals surface area contributed by atoms with Gasteiger partial charge in [-0.3, -0.25) is 4.79 Å². The van der Waals surface area contributed by atoms with Crippen molar-refractivity contribution in [3.05, 3.63) is 94.0 Å². The first-order chi connectivity index (χ1) is 12.5. The molecule has 0 unspecified atom stereocenters. The first-order valence-electron chi connectivity index (χ1n) is 7.76. The molecule has 0 spiro atoms. The summed E-state index contributed by atoms with van der Waals surface area (Å²) in [5.41, 5.74) is 1.82. The summed E-state index contributed by atoms with van der Waals surface area (Å²) >= 11 is 11.8. The van der Waals surface area contributed by atoms with E-state index in [4.69, 9.17) is 23.2 Å². The maximum Gasteiger partial charge on any atom is 0.323 e. The van der Waals surface area contributed by atoms with Crippen LogP contribution in [0.5, 0.6) is 0 Å². The lowest BCUT2D eigenvalue weighted by molar-refractivity contribution is 0.103. The molecule has 0 aliphatic carbocycles. The highest BCUT2D eigenvalue weighted by molar-refractivity contribution is 6.31. The van der Waals surface area contributed by atoms with E-state index < -0.39 is 6.03 Å². The summed E-state index contributed by atoms with van der Waals surface area (Å²) in [5.74, 6) is -0.227. The van der Waals surface area contributed by atoms with E-state index >= 15 is 0 Å². The van der Waals surface area contributed by atoms with Crippen LogP contribution in [0, 0.1) is 0 Å². The molecule has 0 saturated heterocycles. The van der Waals surface area contributed by atoms with Crippen LogP contribution in [0.2, 0.25) is 10.0 Å². The number of hydrogen-bond donors (Lipinski definition) is 2. The van der Waals surface area contributed by atoms with Crippen molar-refractivity contribution in [2.24, 2.45) is 0 Å². The van der Waals surface area contributed by atoms with Crippen molar-refractivity contribution in [3.8, 4) is 0 Å². The van der Waals surface area contributed by atoms with Crippen LogP contribution in [0.1, 0.15) is 15.9 Å². The lowest BCUT2D eigenvalue weighted by atomic mass is 10.0. The highest BCUT2D eigenvalue weighted by Gasteiger charge is 2.15. The van der Waals surface area contributed by atoms with Crippen molar-refractivity contribution in [1.29, 1.82) is 0 Å². The van der Waals surface area contributed by atoms with Gasteiger partial charge in [-0.25, -0.2) is 4.79 Å². The minimum atomic E-state index is -0.460. The Hall–Kier alpha value is -2.82. The molecule has 0 radical (unpaired) electrons. The normalized spacial score (nSPS) is 10.2.